The highest BCUT2D eigenvalue weighted by Crippen LogP contribution is 2.16. The molecule has 0 fully saturated rings. The van der Waals surface area contributed by atoms with Crippen LogP contribution in [-0.4, -0.2) is 26.3 Å². The van der Waals surface area contributed by atoms with Crippen LogP contribution in [0.5, 0.6) is 11.5 Å². The van der Waals surface area contributed by atoms with Crippen molar-refractivity contribution in [3.8, 4) is 23.8 Å². The first-order valence-corrected chi connectivity index (χ1v) is 6.13. The third kappa shape index (κ3) is 4.68. The smallest absolute Gasteiger partial charge is 0.119 e. The fourth-order valence-electron chi connectivity index (χ4n) is 1.54. The number of ether oxygens (including phenoxy) is 2. The zero-order valence-electron chi connectivity index (χ0n) is 11.3. The Labute approximate surface area is 109 Å². The standard InChI is InChI=1S/C15H21NO2/c1-5-15(12(2)3)16-10-11-18-14-8-6-13(17-4)7-9-14/h1,6-9,12,15-16H,10-11H2,2-4H3. The van der Waals surface area contributed by atoms with E-state index in [0.29, 0.717) is 12.5 Å². The van der Waals surface area contributed by atoms with Crippen LogP contribution in [0, 0.1) is 18.3 Å². The molecule has 18 heavy (non-hydrogen) atoms. The van der Waals surface area contributed by atoms with Gasteiger partial charge in [-0.05, 0) is 30.2 Å². The lowest BCUT2D eigenvalue weighted by Crippen LogP contribution is -2.35. The molecule has 98 valence electrons. The highest BCUT2D eigenvalue weighted by Gasteiger charge is 2.08. The molecular weight excluding hydrogens is 226 g/mol. The predicted molar refractivity (Wildman–Crippen MR) is 74.0 cm³/mol. The van der Waals surface area contributed by atoms with Crippen LogP contribution in [0.15, 0.2) is 24.3 Å². The first-order chi connectivity index (χ1) is 8.67. The summed E-state index contributed by atoms with van der Waals surface area (Å²) in [4.78, 5) is 0. The van der Waals surface area contributed by atoms with Crippen molar-refractivity contribution >= 4 is 0 Å². The van der Waals surface area contributed by atoms with Gasteiger partial charge in [-0.15, -0.1) is 6.42 Å². The average molecular weight is 247 g/mol. The molecule has 0 spiro atoms. The number of benzene rings is 1. The molecule has 0 aliphatic heterocycles. The van der Waals surface area contributed by atoms with Crippen molar-refractivity contribution in [1.29, 1.82) is 0 Å². The minimum Gasteiger partial charge on any atom is -0.497 e. The summed E-state index contributed by atoms with van der Waals surface area (Å²) < 4.78 is 10.7. The Morgan fingerprint density at radius 3 is 2.33 bits per heavy atom. The second-order valence-electron chi connectivity index (χ2n) is 4.37. The minimum atomic E-state index is 0.101. The van der Waals surface area contributed by atoms with Crippen molar-refractivity contribution in [2.75, 3.05) is 20.3 Å². The summed E-state index contributed by atoms with van der Waals surface area (Å²) in [5.74, 6) is 4.82. The first-order valence-electron chi connectivity index (χ1n) is 6.13. The molecule has 1 unspecified atom stereocenters. The lowest BCUT2D eigenvalue weighted by atomic mass is 10.1. The summed E-state index contributed by atoms with van der Waals surface area (Å²) in [6, 6.07) is 7.63. The van der Waals surface area contributed by atoms with Gasteiger partial charge in [0.25, 0.3) is 0 Å². The molecule has 0 amide bonds. The van der Waals surface area contributed by atoms with E-state index in [1.54, 1.807) is 7.11 Å². The number of hydrogen-bond donors (Lipinski definition) is 1. The van der Waals surface area contributed by atoms with Crippen LogP contribution in [0.25, 0.3) is 0 Å². The third-order valence-corrected chi connectivity index (χ3v) is 2.64. The molecule has 0 heterocycles. The lowest BCUT2D eigenvalue weighted by molar-refractivity contribution is 0.303. The molecule has 3 heteroatoms. The highest BCUT2D eigenvalue weighted by molar-refractivity contribution is 5.31. The molecule has 0 aliphatic carbocycles. The molecule has 0 saturated carbocycles. The Morgan fingerprint density at radius 1 is 1.22 bits per heavy atom. The zero-order valence-corrected chi connectivity index (χ0v) is 11.3. The molecule has 0 aromatic heterocycles. The van der Waals surface area contributed by atoms with E-state index >= 15 is 0 Å². The van der Waals surface area contributed by atoms with Gasteiger partial charge >= 0.3 is 0 Å². The van der Waals surface area contributed by atoms with E-state index in [4.69, 9.17) is 15.9 Å². The second kappa shape index (κ2) is 7.62. The zero-order chi connectivity index (χ0) is 13.4. The summed E-state index contributed by atoms with van der Waals surface area (Å²) in [6.07, 6.45) is 5.43. The quantitative estimate of drug-likeness (QED) is 0.592. The summed E-state index contributed by atoms with van der Waals surface area (Å²) in [7, 11) is 1.64. The van der Waals surface area contributed by atoms with Crippen molar-refractivity contribution in [2.24, 2.45) is 5.92 Å². The van der Waals surface area contributed by atoms with E-state index < -0.39 is 0 Å². The van der Waals surface area contributed by atoms with E-state index in [1.807, 2.05) is 24.3 Å². The lowest BCUT2D eigenvalue weighted by Gasteiger charge is -2.16. The van der Waals surface area contributed by atoms with Gasteiger partial charge in [0.05, 0.1) is 13.2 Å². The molecule has 0 bridgehead atoms. The van der Waals surface area contributed by atoms with Gasteiger partial charge in [0.15, 0.2) is 0 Å². The van der Waals surface area contributed by atoms with Crippen LogP contribution in [0.1, 0.15) is 13.8 Å². The summed E-state index contributed by atoms with van der Waals surface area (Å²) in [6.45, 7) is 5.53. The van der Waals surface area contributed by atoms with Gasteiger partial charge in [0.2, 0.25) is 0 Å². The molecule has 1 atom stereocenters. The van der Waals surface area contributed by atoms with Crippen molar-refractivity contribution < 1.29 is 9.47 Å². The molecule has 1 aromatic rings. The fourth-order valence-corrected chi connectivity index (χ4v) is 1.54. The monoisotopic (exact) mass is 247 g/mol. The van der Waals surface area contributed by atoms with Crippen LogP contribution >= 0.6 is 0 Å². The number of methoxy groups -OCH3 is 1. The number of hydrogen-bond acceptors (Lipinski definition) is 3. The molecule has 0 saturated heterocycles. The Morgan fingerprint density at radius 2 is 1.83 bits per heavy atom. The van der Waals surface area contributed by atoms with Gasteiger partial charge < -0.3 is 14.8 Å². The van der Waals surface area contributed by atoms with Gasteiger partial charge in [0.1, 0.15) is 18.1 Å². The van der Waals surface area contributed by atoms with E-state index in [1.165, 1.54) is 0 Å². The second-order valence-corrected chi connectivity index (χ2v) is 4.37. The Kier molecular flexibility index (Phi) is 6.10. The normalized spacial score (nSPS) is 11.9. The molecule has 1 N–H and O–H groups in total. The molecule has 1 rings (SSSR count). The number of terminal acetylenes is 1. The van der Waals surface area contributed by atoms with Crippen molar-refractivity contribution in [3.63, 3.8) is 0 Å². The molecular formula is C15H21NO2. The Hall–Kier alpha value is -1.66. The van der Waals surface area contributed by atoms with E-state index in [9.17, 15) is 0 Å². The summed E-state index contributed by atoms with van der Waals surface area (Å²) in [5, 5.41) is 3.28. The summed E-state index contributed by atoms with van der Waals surface area (Å²) in [5.41, 5.74) is 0. The Balaban J connectivity index is 2.27. The van der Waals surface area contributed by atoms with Gasteiger partial charge in [-0.3, -0.25) is 0 Å². The van der Waals surface area contributed by atoms with Crippen LogP contribution in [0.3, 0.4) is 0 Å². The molecule has 0 radical (unpaired) electrons. The van der Waals surface area contributed by atoms with Crippen molar-refractivity contribution in [3.05, 3.63) is 24.3 Å². The molecule has 0 aliphatic rings. The maximum absolute atomic E-state index is 5.59. The predicted octanol–water partition coefficient (Wildman–Crippen LogP) is 2.32. The van der Waals surface area contributed by atoms with Crippen LogP contribution in [-0.2, 0) is 0 Å². The SMILES string of the molecule is C#CC(NCCOc1ccc(OC)cc1)C(C)C. The topological polar surface area (TPSA) is 30.5 Å². The molecule has 1 aromatic carbocycles. The third-order valence-electron chi connectivity index (χ3n) is 2.64. The maximum atomic E-state index is 5.59. The van der Waals surface area contributed by atoms with Gasteiger partial charge in [-0.25, -0.2) is 0 Å². The highest BCUT2D eigenvalue weighted by atomic mass is 16.5. The van der Waals surface area contributed by atoms with E-state index in [-0.39, 0.29) is 6.04 Å². The van der Waals surface area contributed by atoms with Gasteiger partial charge in [0, 0.05) is 6.54 Å². The number of rotatable bonds is 7. The van der Waals surface area contributed by atoms with Crippen LogP contribution in [0.2, 0.25) is 0 Å². The fraction of sp³-hybridized carbons (Fsp3) is 0.467. The number of nitrogens with one attached hydrogen (secondary N) is 1. The average Bonchev–Trinajstić information content (AvgIpc) is 2.39. The van der Waals surface area contributed by atoms with Gasteiger partial charge in [-0.2, -0.15) is 0 Å². The minimum absolute atomic E-state index is 0.101. The van der Waals surface area contributed by atoms with Gasteiger partial charge in [-0.1, -0.05) is 19.8 Å². The Bertz CT molecular complexity index is 378. The first kappa shape index (κ1) is 14.4. The maximum Gasteiger partial charge on any atom is 0.119 e. The van der Waals surface area contributed by atoms with Crippen molar-refractivity contribution in [1.82, 2.24) is 5.32 Å². The largest absolute Gasteiger partial charge is 0.497 e. The van der Waals surface area contributed by atoms with Crippen molar-refractivity contribution in [2.45, 2.75) is 19.9 Å². The van der Waals surface area contributed by atoms with E-state index in [2.05, 4.69) is 25.1 Å². The summed E-state index contributed by atoms with van der Waals surface area (Å²) >= 11 is 0. The van der Waals surface area contributed by atoms with Crippen LogP contribution < -0.4 is 14.8 Å². The van der Waals surface area contributed by atoms with Crippen LogP contribution in [0.4, 0.5) is 0 Å². The molecule has 3 nitrogen and oxygen atoms in total. The van der Waals surface area contributed by atoms with E-state index in [0.717, 1.165) is 18.0 Å².